The van der Waals surface area contributed by atoms with Gasteiger partial charge in [0, 0.05) is 17.5 Å². The van der Waals surface area contributed by atoms with E-state index in [0.717, 1.165) is 10.4 Å². The monoisotopic (exact) mass is 968 g/mol. The Morgan fingerprint density at radius 2 is 1.35 bits per heavy atom. The highest BCUT2D eigenvalue weighted by molar-refractivity contribution is 8.00. The Morgan fingerprint density at radius 1 is 0.818 bits per heavy atom. The minimum absolute atomic E-state index is 0.00580. The molecule has 1 fully saturated rings. The highest BCUT2D eigenvalue weighted by atomic mass is 32.2. The molecule has 1 aliphatic heterocycles. The van der Waals surface area contributed by atoms with E-state index in [0.29, 0.717) is 11.3 Å². The van der Waals surface area contributed by atoms with Crippen molar-refractivity contribution >= 4 is 79.4 Å². The van der Waals surface area contributed by atoms with Crippen molar-refractivity contribution in [2.45, 2.75) is 117 Å². The maximum absolute atomic E-state index is 14.7. The first-order valence-corrected chi connectivity index (χ1v) is 28.5. The molecule has 1 saturated heterocycles. The van der Waals surface area contributed by atoms with E-state index in [-0.39, 0.29) is 51.1 Å². The molecule has 1 aliphatic rings. The Balaban J connectivity index is 1.59. The fourth-order valence-corrected chi connectivity index (χ4v) is 14.9. The molecule has 0 aromatic heterocycles. The number of rotatable bonds is 17. The van der Waals surface area contributed by atoms with Gasteiger partial charge in [0.2, 0.25) is 16.7 Å². The molecular formula is C51H64N2O9S2Si2. The zero-order valence-electron chi connectivity index (χ0n) is 40.4. The number of non-ortho nitro benzene ring substituents is 1. The maximum atomic E-state index is 14.7. The van der Waals surface area contributed by atoms with Gasteiger partial charge < -0.3 is 18.3 Å². The number of ether oxygens (including phenoxy) is 2. The summed E-state index contributed by atoms with van der Waals surface area (Å²) < 4.78 is 26.3. The smallest absolute Gasteiger partial charge is 0.325 e. The average Bonchev–Trinajstić information content (AvgIpc) is 3.25. The predicted octanol–water partition coefficient (Wildman–Crippen LogP) is 11.0. The van der Waals surface area contributed by atoms with Crippen LogP contribution < -0.4 is 15.1 Å². The number of allylic oxidation sites excluding steroid dienone is 1. The second kappa shape index (κ2) is 20.5. The third-order valence-corrected chi connectivity index (χ3v) is 23.2. The zero-order valence-corrected chi connectivity index (χ0v) is 44.1. The second-order valence-corrected chi connectivity index (χ2v) is 30.8. The molecule has 66 heavy (non-hydrogen) atoms. The van der Waals surface area contributed by atoms with Crippen LogP contribution in [0, 0.1) is 21.4 Å². The van der Waals surface area contributed by atoms with Gasteiger partial charge in [-0.25, -0.2) is 4.79 Å². The van der Waals surface area contributed by atoms with Gasteiger partial charge in [-0.2, -0.15) is 0 Å². The van der Waals surface area contributed by atoms with E-state index in [1.807, 2.05) is 74.5 Å². The summed E-state index contributed by atoms with van der Waals surface area (Å²) in [6.07, 6.45) is -0.451. The van der Waals surface area contributed by atoms with Crippen molar-refractivity contribution in [3.63, 3.8) is 0 Å². The van der Waals surface area contributed by atoms with Crippen LogP contribution in [0.2, 0.25) is 23.2 Å². The first-order valence-electron chi connectivity index (χ1n) is 22.2. The lowest BCUT2D eigenvalue weighted by molar-refractivity contribution is -0.384. The van der Waals surface area contributed by atoms with Crippen molar-refractivity contribution < 1.29 is 37.6 Å². The first kappa shape index (κ1) is 52.0. The standard InChI is InChI=1S/C51H64N2O9S2Si2/c1-14-64-46-41(34(2)61-65(12,13)50(6,7)8)45(55)52(46)42(48(63)59-33-35-25-29-37(30-26-35)53(57)58)43(44(54)49(3,4)5)60-38-31-27-36(28-32-38)47(56)62-66(51(9,10)11,39-21-17-15-18-22-39)40-23-19-16-20-24-40/h15-32,34,41,46H,14,33H2,1-13H3/t34-,41+,46-/m1/s1. The van der Waals surface area contributed by atoms with Crippen LogP contribution in [-0.4, -0.2) is 66.4 Å². The van der Waals surface area contributed by atoms with Crippen molar-refractivity contribution in [1.29, 1.82) is 0 Å². The summed E-state index contributed by atoms with van der Waals surface area (Å²) in [5.74, 6) is -1.18. The molecule has 0 saturated carbocycles. The van der Waals surface area contributed by atoms with E-state index in [4.69, 9.17) is 30.5 Å². The number of likely N-dealkylation sites (tertiary alicyclic amines) is 1. The van der Waals surface area contributed by atoms with Crippen LogP contribution in [0.5, 0.6) is 5.75 Å². The molecule has 5 rings (SSSR count). The largest absolute Gasteiger partial charge is 0.506 e. The number of benzene rings is 4. The number of Topliss-reactive ketones (excluding diaryl/α,β-unsaturated/α-hetero) is 1. The first-order chi connectivity index (χ1) is 30.7. The number of ketones is 1. The van der Waals surface area contributed by atoms with Gasteiger partial charge in [0.1, 0.15) is 18.1 Å². The SMILES string of the molecule is CCS[C@@H]1[C@@H]([C@@H](C)O[Si](C)(C)C(C)(C)C)C(=O)N1C(C(=S)OCc1ccc([N+](=O)[O-])cc1)=C(Oc1ccc(C(=O)O[Si](c2ccccc2)(c2ccccc2)C(C)(C)C)cc1)C(=O)C(C)(C)C. The Bertz CT molecular complexity index is 2390. The van der Waals surface area contributed by atoms with Crippen LogP contribution in [0.3, 0.4) is 0 Å². The van der Waals surface area contributed by atoms with Gasteiger partial charge in [-0.05, 0) is 100 Å². The van der Waals surface area contributed by atoms with Crippen LogP contribution in [0.1, 0.15) is 92.1 Å². The molecule has 4 aromatic rings. The molecule has 11 nitrogen and oxygen atoms in total. The quantitative estimate of drug-likeness (QED) is 0.0190. The molecule has 0 bridgehead atoms. The summed E-state index contributed by atoms with van der Waals surface area (Å²) in [7, 11) is -5.55. The average molecular weight is 969 g/mol. The molecule has 3 atom stereocenters. The number of thioether (sulfide) groups is 1. The van der Waals surface area contributed by atoms with E-state index in [1.54, 1.807) is 57.2 Å². The lowest BCUT2D eigenvalue weighted by Crippen LogP contribution is -2.67. The van der Waals surface area contributed by atoms with Crippen molar-refractivity contribution in [3.8, 4) is 5.75 Å². The van der Waals surface area contributed by atoms with Gasteiger partial charge in [0.05, 0.1) is 27.9 Å². The van der Waals surface area contributed by atoms with E-state index in [2.05, 4.69) is 54.6 Å². The van der Waals surface area contributed by atoms with Crippen LogP contribution in [0.25, 0.3) is 0 Å². The summed E-state index contributed by atoms with van der Waals surface area (Å²) >= 11 is 7.52. The summed E-state index contributed by atoms with van der Waals surface area (Å²) in [6.45, 7) is 26.1. The number of β-lactam (4-membered cyclic amide) rings is 1. The molecule has 15 heteroatoms. The number of amides is 1. The maximum Gasteiger partial charge on any atom is 0.325 e. The minimum atomic E-state index is -3.24. The van der Waals surface area contributed by atoms with Gasteiger partial charge in [-0.3, -0.25) is 24.6 Å². The number of carbonyl (C=O) groups excluding carboxylic acids is 3. The minimum Gasteiger partial charge on any atom is -0.506 e. The molecule has 0 radical (unpaired) electrons. The summed E-state index contributed by atoms with van der Waals surface area (Å²) in [5, 5.41) is 12.0. The lowest BCUT2D eigenvalue weighted by Gasteiger charge is -2.51. The van der Waals surface area contributed by atoms with Crippen molar-refractivity contribution in [2.75, 3.05) is 5.75 Å². The number of nitrogens with zero attached hydrogens (tertiary/aromatic N) is 2. The number of hydrogen-bond donors (Lipinski definition) is 0. The molecular weight excluding hydrogens is 905 g/mol. The normalized spacial score (nSPS) is 16.7. The van der Waals surface area contributed by atoms with E-state index >= 15 is 0 Å². The Hall–Kier alpha value is -4.94. The number of carbonyl (C=O) groups is 3. The van der Waals surface area contributed by atoms with Crippen molar-refractivity contribution in [2.24, 2.45) is 11.3 Å². The number of nitro benzene ring substituents is 1. The molecule has 0 N–H and O–H groups in total. The molecule has 1 heterocycles. The molecule has 0 spiro atoms. The number of hydrogen-bond acceptors (Lipinski definition) is 11. The molecule has 352 valence electrons. The summed E-state index contributed by atoms with van der Waals surface area (Å²) in [6, 6.07) is 32.0. The van der Waals surface area contributed by atoms with Crippen LogP contribution in [-0.2, 0) is 29.8 Å². The van der Waals surface area contributed by atoms with Crippen molar-refractivity contribution in [3.05, 3.63) is 142 Å². The van der Waals surface area contributed by atoms with E-state index < -0.39 is 61.2 Å². The number of nitro groups is 1. The van der Waals surface area contributed by atoms with Crippen LogP contribution in [0.4, 0.5) is 5.69 Å². The third kappa shape index (κ3) is 11.2. The Labute approximate surface area is 402 Å². The van der Waals surface area contributed by atoms with Gasteiger partial charge in [0.25, 0.3) is 5.69 Å². The highest BCUT2D eigenvalue weighted by Crippen LogP contribution is 2.46. The van der Waals surface area contributed by atoms with Gasteiger partial charge in [-0.1, -0.05) is 130 Å². The Kier molecular flexibility index (Phi) is 16.2. The van der Waals surface area contributed by atoms with Gasteiger partial charge in [0.15, 0.2) is 14.1 Å². The highest BCUT2D eigenvalue weighted by Gasteiger charge is 2.56. The summed E-state index contributed by atoms with van der Waals surface area (Å²) in [5.41, 5.74) is -0.250. The number of thiocarbonyl (C=S) groups is 1. The topological polar surface area (TPSA) is 135 Å². The fraction of sp³-hybridized carbons (Fsp3) is 0.412. The third-order valence-electron chi connectivity index (χ3n) is 12.2. The Morgan fingerprint density at radius 3 is 1.80 bits per heavy atom. The van der Waals surface area contributed by atoms with Crippen LogP contribution >= 0.6 is 24.0 Å². The zero-order chi connectivity index (χ0) is 49.0. The van der Waals surface area contributed by atoms with Crippen LogP contribution in [0.15, 0.2) is 121 Å². The van der Waals surface area contributed by atoms with Gasteiger partial charge >= 0.3 is 14.3 Å². The predicted molar refractivity (Wildman–Crippen MR) is 272 cm³/mol. The van der Waals surface area contributed by atoms with E-state index in [9.17, 15) is 24.5 Å². The molecule has 0 aliphatic carbocycles. The van der Waals surface area contributed by atoms with E-state index in [1.165, 1.54) is 28.8 Å². The molecule has 4 aromatic carbocycles. The molecule has 0 unspecified atom stereocenters. The summed E-state index contributed by atoms with van der Waals surface area (Å²) in [4.78, 5) is 56.1. The molecule has 1 amide bonds. The van der Waals surface area contributed by atoms with Gasteiger partial charge in [-0.15, -0.1) is 11.8 Å². The lowest BCUT2D eigenvalue weighted by atomic mass is 9.87. The fourth-order valence-electron chi connectivity index (χ4n) is 7.62. The van der Waals surface area contributed by atoms with Crippen molar-refractivity contribution in [1.82, 2.24) is 4.90 Å². The second-order valence-electron chi connectivity index (χ2n) is 20.1.